The quantitative estimate of drug-likeness (QED) is 0.435. The highest BCUT2D eigenvalue weighted by Crippen LogP contribution is 2.29. The molecule has 3 aromatic rings. The topological polar surface area (TPSA) is 80.1 Å². The zero-order valence-corrected chi connectivity index (χ0v) is 19.1. The molecule has 0 saturated carbocycles. The van der Waals surface area contributed by atoms with Crippen molar-refractivity contribution in [2.45, 2.75) is 36.6 Å². The SMILES string of the molecule is CC(=O)c1cccc(NC(=O)N2CCC[C@@H](c3nnc(SCc4ccccc4)n3C)C2)c1. The number of carbonyl (C=O) groups excluding carboxylic acids is 2. The maximum atomic E-state index is 12.9. The molecule has 0 radical (unpaired) electrons. The van der Waals surface area contributed by atoms with E-state index < -0.39 is 0 Å². The minimum absolute atomic E-state index is 0.0256. The molecule has 0 unspecified atom stereocenters. The molecule has 166 valence electrons. The highest BCUT2D eigenvalue weighted by atomic mass is 32.2. The number of nitrogens with one attached hydrogen (secondary N) is 1. The van der Waals surface area contributed by atoms with E-state index in [9.17, 15) is 9.59 Å². The number of hydrogen-bond acceptors (Lipinski definition) is 5. The molecule has 1 atom stereocenters. The fourth-order valence-corrected chi connectivity index (χ4v) is 4.79. The lowest BCUT2D eigenvalue weighted by atomic mass is 9.97. The molecular weight excluding hydrogens is 422 g/mol. The van der Waals surface area contributed by atoms with Gasteiger partial charge in [-0.25, -0.2) is 4.79 Å². The normalized spacial score (nSPS) is 16.1. The van der Waals surface area contributed by atoms with Crippen molar-refractivity contribution in [3.63, 3.8) is 0 Å². The Morgan fingerprint density at radius 2 is 1.94 bits per heavy atom. The van der Waals surface area contributed by atoms with Gasteiger partial charge in [0.1, 0.15) is 5.82 Å². The van der Waals surface area contributed by atoms with Gasteiger partial charge in [0.25, 0.3) is 0 Å². The summed E-state index contributed by atoms with van der Waals surface area (Å²) < 4.78 is 2.05. The summed E-state index contributed by atoms with van der Waals surface area (Å²) in [5.74, 6) is 1.87. The van der Waals surface area contributed by atoms with Gasteiger partial charge in [0.05, 0.1) is 0 Å². The van der Waals surface area contributed by atoms with Crippen molar-refractivity contribution in [3.8, 4) is 0 Å². The molecule has 0 spiro atoms. The van der Waals surface area contributed by atoms with Crippen molar-refractivity contribution in [1.29, 1.82) is 0 Å². The van der Waals surface area contributed by atoms with Crippen LogP contribution in [0.15, 0.2) is 59.8 Å². The molecule has 1 aliphatic rings. The Balaban J connectivity index is 1.39. The van der Waals surface area contributed by atoms with Crippen LogP contribution in [0.25, 0.3) is 0 Å². The number of nitrogens with zero attached hydrogens (tertiary/aromatic N) is 4. The third kappa shape index (κ3) is 5.19. The summed E-state index contributed by atoms with van der Waals surface area (Å²) in [6, 6.07) is 17.2. The number of hydrogen-bond donors (Lipinski definition) is 1. The lowest BCUT2D eigenvalue weighted by Gasteiger charge is -2.32. The lowest BCUT2D eigenvalue weighted by molar-refractivity contribution is 0.101. The molecule has 1 fully saturated rings. The summed E-state index contributed by atoms with van der Waals surface area (Å²) >= 11 is 1.67. The number of rotatable bonds is 6. The fraction of sp³-hybridized carbons (Fsp3) is 0.333. The molecule has 0 bridgehead atoms. The molecular formula is C24H27N5O2S. The number of Topliss-reactive ketones (excluding diaryl/α,β-unsaturated/α-hetero) is 1. The molecule has 8 heteroatoms. The summed E-state index contributed by atoms with van der Waals surface area (Å²) in [7, 11) is 1.99. The van der Waals surface area contributed by atoms with E-state index in [1.165, 1.54) is 12.5 Å². The zero-order valence-electron chi connectivity index (χ0n) is 18.3. The number of anilines is 1. The Morgan fingerprint density at radius 1 is 1.12 bits per heavy atom. The Bertz CT molecular complexity index is 1100. The van der Waals surface area contributed by atoms with E-state index in [4.69, 9.17) is 0 Å². The summed E-state index contributed by atoms with van der Waals surface area (Å²) in [6.45, 7) is 2.80. The van der Waals surface area contributed by atoms with Crippen LogP contribution >= 0.6 is 11.8 Å². The lowest BCUT2D eigenvalue weighted by Crippen LogP contribution is -2.42. The number of amides is 2. The first-order valence-corrected chi connectivity index (χ1v) is 11.7. The molecule has 1 saturated heterocycles. The molecule has 2 heterocycles. The Morgan fingerprint density at radius 3 is 2.72 bits per heavy atom. The first-order chi connectivity index (χ1) is 15.5. The zero-order chi connectivity index (χ0) is 22.5. The molecule has 0 aliphatic carbocycles. The van der Waals surface area contributed by atoms with E-state index in [-0.39, 0.29) is 17.7 Å². The minimum atomic E-state index is -0.156. The number of urea groups is 1. The van der Waals surface area contributed by atoms with E-state index in [1.54, 1.807) is 36.0 Å². The second-order valence-corrected chi connectivity index (χ2v) is 8.97. The Labute approximate surface area is 192 Å². The number of ketones is 1. The number of thioether (sulfide) groups is 1. The largest absolute Gasteiger partial charge is 0.324 e. The van der Waals surface area contributed by atoms with Gasteiger partial charge < -0.3 is 14.8 Å². The molecule has 2 amide bonds. The van der Waals surface area contributed by atoms with Crippen molar-refractivity contribution >= 4 is 29.3 Å². The number of benzene rings is 2. The first kappa shape index (κ1) is 22.1. The summed E-state index contributed by atoms with van der Waals surface area (Å²) in [5.41, 5.74) is 2.46. The standard InChI is InChI=1S/C24H27N5O2S/c1-17(30)19-10-6-12-21(14-19)25-23(31)29-13-7-11-20(15-29)22-26-27-24(28(22)2)32-16-18-8-4-3-5-9-18/h3-6,8-10,12,14,20H,7,11,13,15-16H2,1-2H3,(H,25,31)/t20-/m1/s1. The number of carbonyl (C=O) groups is 2. The maximum absolute atomic E-state index is 12.9. The van der Waals surface area contributed by atoms with E-state index in [2.05, 4.69) is 32.2 Å². The van der Waals surface area contributed by atoms with E-state index >= 15 is 0 Å². The van der Waals surface area contributed by atoms with Crippen LogP contribution in [-0.2, 0) is 12.8 Å². The second-order valence-electron chi connectivity index (χ2n) is 8.03. The van der Waals surface area contributed by atoms with Crippen molar-refractivity contribution in [3.05, 3.63) is 71.5 Å². The fourth-order valence-electron chi connectivity index (χ4n) is 3.92. The first-order valence-electron chi connectivity index (χ1n) is 10.7. The van der Waals surface area contributed by atoms with Gasteiger partial charge >= 0.3 is 6.03 Å². The van der Waals surface area contributed by atoms with Crippen molar-refractivity contribution in [2.75, 3.05) is 18.4 Å². The summed E-state index contributed by atoms with van der Waals surface area (Å²) in [5, 5.41) is 12.7. The summed E-state index contributed by atoms with van der Waals surface area (Å²) in [4.78, 5) is 26.3. The van der Waals surface area contributed by atoms with Crippen LogP contribution in [0.5, 0.6) is 0 Å². The van der Waals surface area contributed by atoms with Crippen LogP contribution in [0, 0.1) is 0 Å². The van der Waals surface area contributed by atoms with Crippen molar-refractivity contribution in [1.82, 2.24) is 19.7 Å². The molecule has 7 nitrogen and oxygen atoms in total. The van der Waals surface area contributed by atoms with E-state index in [1.807, 2.05) is 30.1 Å². The second kappa shape index (κ2) is 9.99. The number of aromatic nitrogens is 3. The average molecular weight is 450 g/mol. The smallest absolute Gasteiger partial charge is 0.321 e. The van der Waals surface area contributed by atoms with E-state index in [0.29, 0.717) is 24.3 Å². The Kier molecular flexibility index (Phi) is 6.90. The van der Waals surface area contributed by atoms with Gasteiger partial charge in [-0.05, 0) is 37.5 Å². The van der Waals surface area contributed by atoms with Gasteiger partial charge in [-0.2, -0.15) is 0 Å². The van der Waals surface area contributed by atoms with Gasteiger partial charge in [0, 0.05) is 43.1 Å². The number of piperidine rings is 1. The molecule has 32 heavy (non-hydrogen) atoms. The molecule has 1 aliphatic heterocycles. The maximum Gasteiger partial charge on any atom is 0.321 e. The average Bonchev–Trinajstić information content (AvgIpc) is 3.19. The van der Waals surface area contributed by atoms with Crippen LogP contribution in [0.4, 0.5) is 10.5 Å². The van der Waals surface area contributed by atoms with Gasteiger partial charge in [-0.3, -0.25) is 4.79 Å². The van der Waals surface area contributed by atoms with Crippen molar-refractivity contribution in [2.24, 2.45) is 7.05 Å². The van der Waals surface area contributed by atoms with Crippen LogP contribution in [0.3, 0.4) is 0 Å². The highest BCUT2D eigenvalue weighted by Gasteiger charge is 2.28. The van der Waals surface area contributed by atoms with Gasteiger partial charge in [0.2, 0.25) is 0 Å². The van der Waals surface area contributed by atoms with Crippen molar-refractivity contribution < 1.29 is 9.59 Å². The predicted octanol–water partition coefficient (Wildman–Crippen LogP) is 4.72. The Hall–Kier alpha value is -3.13. The van der Waals surface area contributed by atoms with Crippen LogP contribution < -0.4 is 5.32 Å². The monoisotopic (exact) mass is 449 g/mol. The van der Waals surface area contributed by atoms with E-state index in [0.717, 1.165) is 29.6 Å². The minimum Gasteiger partial charge on any atom is -0.324 e. The third-order valence-electron chi connectivity index (χ3n) is 5.67. The molecule has 2 aromatic carbocycles. The summed E-state index contributed by atoms with van der Waals surface area (Å²) in [6.07, 6.45) is 1.88. The molecule has 4 rings (SSSR count). The van der Waals surface area contributed by atoms with Crippen LogP contribution in [-0.4, -0.2) is 44.6 Å². The number of likely N-dealkylation sites (tertiary alicyclic amines) is 1. The van der Waals surface area contributed by atoms with Gasteiger partial charge in [-0.15, -0.1) is 10.2 Å². The van der Waals surface area contributed by atoms with Gasteiger partial charge in [0.15, 0.2) is 10.9 Å². The molecule has 1 aromatic heterocycles. The van der Waals surface area contributed by atoms with Crippen LogP contribution in [0.2, 0.25) is 0 Å². The van der Waals surface area contributed by atoms with Gasteiger partial charge in [-0.1, -0.05) is 54.2 Å². The van der Waals surface area contributed by atoms with Crippen LogP contribution in [0.1, 0.15) is 47.4 Å². The third-order valence-corrected chi connectivity index (χ3v) is 6.76. The highest BCUT2D eigenvalue weighted by molar-refractivity contribution is 7.98. The predicted molar refractivity (Wildman–Crippen MR) is 126 cm³/mol. The molecule has 1 N–H and O–H groups in total.